The molecule has 3 N–H and O–H groups in total. The number of anilines is 5. The van der Waals surface area contributed by atoms with Crippen molar-refractivity contribution < 1.29 is 0 Å². The molecule has 4 aliphatic rings. The lowest BCUT2D eigenvalue weighted by atomic mass is 9.95. The number of para-hydroxylation sites is 4. The van der Waals surface area contributed by atoms with E-state index in [1.165, 1.54) is 111 Å². The number of fused-ring (bicyclic) bond motifs is 7. The van der Waals surface area contributed by atoms with Gasteiger partial charge in [-0.15, -0.1) is 5.10 Å². The number of nitrogens with zero attached hydrogens (tertiary/aromatic N) is 3. The maximum Gasteiger partial charge on any atom is 0.0859 e. The fourth-order valence-electron chi connectivity index (χ4n) is 7.97. The van der Waals surface area contributed by atoms with E-state index in [0.717, 1.165) is 67.1 Å². The number of hydrogen-bond acceptors (Lipinski definition) is 5. The van der Waals surface area contributed by atoms with Gasteiger partial charge in [0.15, 0.2) is 0 Å². The highest BCUT2D eigenvalue weighted by atomic mass is 15.4. The molecule has 0 radical (unpaired) electrons. The van der Waals surface area contributed by atoms with Crippen LogP contribution in [0.4, 0.5) is 28.4 Å². The number of allylic oxidation sites excluding steroid dienone is 1. The second-order valence-electron chi connectivity index (χ2n) is 27.4. The first-order valence-corrected chi connectivity index (χ1v) is 33.4. The summed E-state index contributed by atoms with van der Waals surface area (Å²) in [6, 6.07) is 47.3. The Kier molecular flexibility index (Phi) is 43.6. The van der Waals surface area contributed by atoms with Crippen molar-refractivity contribution in [3.63, 3.8) is 0 Å². The minimum Gasteiger partial charge on any atom is -0.362 e. The summed E-state index contributed by atoms with van der Waals surface area (Å²) in [6.45, 7) is 53.8. The zero-order valence-electron chi connectivity index (χ0n) is 59.7. The van der Waals surface area contributed by atoms with Gasteiger partial charge in [-0.2, -0.15) is 0 Å². The van der Waals surface area contributed by atoms with Crippen LogP contribution in [0.1, 0.15) is 244 Å². The first-order chi connectivity index (χ1) is 40.7. The number of rotatable bonds is 1. The molecule has 0 bridgehead atoms. The molecule has 4 heterocycles. The fourth-order valence-corrected chi connectivity index (χ4v) is 7.97. The molecule has 6 nitrogen and oxygen atoms in total. The van der Waals surface area contributed by atoms with Crippen molar-refractivity contribution in [1.82, 2.24) is 15.0 Å². The van der Waals surface area contributed by atoms with Crippen LogP contribution in [0.3, 0.4) is 0 Å². The summed E-state index contributed by atoms with van der Waals surface area (Å²) in [5.74, 6) is 5.83. The Morgan fingerprint density at radius 3 is 1.10 bits per heavy atom. The molecule has 0 saturated heterocycles. The Hall–Kier alpha value is -6.14. The van der Waals surface area contributed by atoms with E-state index in [1.54, 1.807) is 0 Å². The van der Waals surface area contributed by atoms with Gasteiger partial charge in [0.05, 0.1) is 11.4 Å². The lowest BCUT2D eigenvalue weighted by molar-refractivity contribution is 0.485. The number of hydrogen-bond donors (Lipinski definition) is 3. The third-order valence-electron chi connectivity index (χ3n) is 11.0. The second-order valence-corrected chi connectivity index (χ2v) is 27.4. The molecular formula is C80H128N6. The first-order valence-electron chi connectivity index (χ1n) is 33.4. The lowest BCUT2D eigenvalue weighted by Gasteiger charge is -2.22. The molecule has 86 heavy (non-hydrogen) atoms. The van der Waals surface area contributed by atoms with Crippen LogP contribution in [0.2, 0.25) is 0 Å². The van der Waals surface area contributed by atoms with Gasteiger partial charge in [-0.3, -0.25) is 0 Å². The standard InChI is InChI=1S/C17H13N.C13H11N.C11H19N3.C9H9N.7C4H10.C2H6/c1-2-6-13-11-17-15(9-12(13)5-1)10-14-7-3-4-8-16(14)18-17;1-3-7-12-10(5-1)9-11-6-2-4-8-13(11)14-12;1-9(2)14-11-8-6-4-3-5-7-10(11)12-13-14;1-2-6-9-8(4-1)5-3-7-10-9;7*1-4(2)3;1-2/h1-9,11,18H,10H2;1-8,14H,9H2;9H,3-8H2,1-2H3;1-4,6-7,10H,5H2;7*4H,1-3H3;1-2H3. The molecule has 0 fully saturated rings. The zero-order chi connectivity index (χ0) is 65.1. The third kappa shape index (κ3) is 38.1. The molecule has 6 aromatic carbocycles. The monoisotopic (exact) mass is 1170 g/mol. The predicted molar refractivity (Wildman–Crippen MR) is 390 cm³/mol. The van der Waals surface area contributed by atoms with Crippen LogP contribution in [-0.4, -0.2) is 15.0 Å². The fraction of sp³-hybridized carbons (Fsp3) is 0.525. The van der Waals surface area contributed by atoms with Gasteiger partial charge in [-0.1, -0.05) is 280 Å². The number of nitrogens with one attached hydrogen (secondary N) is 3. The summed E-state index contributed by atoms with van der Waals surface area (Å²) < 4.78 is 2.10. The molecule has 0 atom stereocenters. The molecule has 6 heteroatoms. The number of aryl methyl sites for hydroxylation is 1. The SMILES string of the molecule is C1=CNc2ccccc2C1.CC.CC(C)C.CC(C)C.CC(C)C.CC(C)C.CC(C)C.CC(C)C.CC(C)C.CC(C)n1nnc2c1CCCCCC2.c1ccc2c(c1)Cc1cc3ccccc3cc1N2.c1ccc2c(c1)Cc1ccccc1N2. The average molecular weight is 1170 g/mol. The molecule has 11 rings (SSSR count). The molecule has 1 aliphatic carbocycles. The van der Waals surface area contributed by atoms with Crippen molar-refractivity contribution in [2.45, 2.75) is 237 Å². The topological polar surface area (TPSA) is 66.8 Å². The van der Waals surface area contributed by atoms with Crippen molar-refractivity contribution in [3.05, 3.63) is 185 Å². The lowest BCUT2D eigenvalue weighted by Crippen LogP contribution is -2.09. The summed E-state index contributed by atoms with van der Waals surface area (Å²) in [7, 11) is 0. The number of aromatic nitrogens is 3. The molecule has 0 unspecified atom stereocenters. The van der Waals surface area contributed by atoms with Crippen molar-refractivity contribution in [2.75, 3.05) is 16.0 Å². The summed E-state index contributed by atoms with van der Waals surface area (Å²) >= 11 is 0. The minimum absolute atomic E-state index is 0.450. The molecule has 1 aromatic heterocycles. The normalized spacial score (nSPS) is 12.2. The Labute approximate surface area is 530 Å². The second kappa shape index (κ2) is 47.0. The van der Waals surface area contributed by atoms with Gasteiger partial charge in [0, 0.05) is 47.3 Å². The molecule has 0 saturated carbocycles. The van der Waals surface area contributed by atoms with Crippen molar-refractivity contribution >= 4 is 39.2 Å². The smallest absolute Gasteiger partial charge is 0.0859 e. The van der Waals surface area contributed by atoms with Crippen LogP contribution in [0.15, 0.2) is 146 Å². The molecule has 478 valence electrons. The van der Waals surface area contributed by atoms with E-state index >= 15 is 0 Å². The van der Waals surface area contributed by atoms with E-state index in [-0.39, 0.29) is 0 Å². The van der Waals surface area contributed by atoms with Gasteiger partial charge in [-0.25, -0.2) is 4.68 Å². The molecule has 3 aliphatic heterocycles. The summed E-state index contributed by atoms with van der Waals surface area (Å²) in [4.78, 5) is 0. The third-order valence-corrected chi connectivity index (χ3v) is 11.0. The van der Waals surface area contributed by atoms with E-state index in [9.17, 15) is 0 Å². The largest absolute Gasteiger partial charge is 0.362 e. The van der Waals surface area contributed by atoms with E-state index in [0.29, 0.717) is 6.04 Å². The van der Waals surface area contributed by atoms with Crippen LogP contribution in [0, 0.1) is 41.4 Å². The zero-order valence-corrected chi connectivity index (χ0v) is 59.7. The van der Waals surface area contributed by atoms with Crippen molar-refractivity contribution in [2.24, 2.45) is 41.4 Å². The van der Waals surface area contributed by atoms with Crippen molar-refractivity contribution in [1.29, 1.82) is 0 Å². The molecular weight excluding hydrogens is 1040 g/mol. The van der Waals surface area contributed by atoms with Crippen LogP contribution in [-0.2, 0) is 32.1 Å². The Balaban J connectivity index is 0.000000979. The van der Waals surface area contributed by atoms with E-state index in [1.807, 2.05) is 26.1 Å². The predicted octanol–water partition coefficient (Wildman–Crippen LogP) is 25.2. The molecule has 0 amide bonds. The van der Waals surface area contributed by atoms with E-state index in [4.69, 9.17) is 0 Å². The van der Waals surface area contributed by atoms with Gasteiger partial charge >= 0.3 is 0 Å². The van der Waals surface area contributed by atoms with Gasteiger partial charge in [0.2, 0.25) is 0 Å². The van der Waals surface area contributed by atoms with Crippen molar-refractivity contribution in [3.8, 4) is 0 Å². The summed E-state index contributed by atoms with van der Waals surface area (Å²) in [5, 5.41) is 21.3. The van der Waals surface area contributed by atoms with Crippen LogP contribution < -0.4 is 16.0 Å². The highest BCUT2D eigenvalue weighted by molar-refractivity contribution is 5.89. The van der Waals surface area contributed by atoms with E-state index < -0.39 is 0 Å². The first kappa shape index (κ1) is 79.9. The van der Waals surface area contributed by atoms with Crippen LogP contribution in [0.25, 0.3) is 10.8 Å². The average Bonchev–Trinajstić information content (AvgIpc) is 1.26. The van der Waals surface area contributed by atoms with Gasteiger partial charge in [-0.05, 0) is 169 Å². The summed E-state index contributed by atoms with van der Waals surface area (Å²) in [6.07, 6.45) is 14.8. The van der Waals surface area contributed by atoms with Crippen LogP contribution in [0.5, 0.6) is 0 Å². The van der Waals surface area contributed by atoms with Gasteiger partial charge < -0.3 is 16.0 Å². The Bertz CT molecular complexity index is 2550. The van der Waals surface area contributed by atoms with Gasteiger partial charge in [0.25, 0.3) is 0 Å². The quantitative estimate of drug-likeness (QED) is 0.153. The number of benzene rings is 6. The highest BCUT2D eigenvalue weighted by Crippen LogP contribution is 2.35. The Morgan fingerprint density at radius 2 is 0.698 bits per heavy atom. The van der Waals surface area contributed by atoms with E-state index in [2.05, 4.69) is 324 Å². The maximum atomic E-state index is 4.29. The molecule has 7 aromatic rings. The summed E-state index contributed by atoms with van der Waals surface area (Å²) in [5.41, 5.74) is 15.7. The minimum atomic E-state index is 0.450. The maximum absolute atomic E-state index is 4.29. The van der Waals surface area contributed by atoms with Crippen LogP contribution >= 0.6 is 0 Å². The Morgan fingerprint density at radius 1 is 0.360 bits per heavy atom. The highest BCUT2D eigenvalue weighted by Gasteiger charge is 2.17. The molecule has 0 spiro atoms. The van der Waals surface area contributed by atoms with Gasteiger partial charge in [0.1, 0.15) is 0 Å².